The van der Waals surface area contributed by atoms with Crippen LogP contribution in [0, 0.1) is 17.8 Å². The first-order valence-corrected chi connectivity index (χ1v) is 28.9. The first-order chi connectivity index (χ1) is 38.7. The van der Waals surface area contributed by atoms with Crippen molar-refractivity contribution in [3.05, 3.63) is 233 Å². The van der Waals surface area contributed by atoms with Gasteiger partial charge < -0.3 is 61.1 Å². The summed E-state index contributed by atoms with van der Waals surface area (Å²) in [4.78, 5) is 3.97. The third-order valence-electron chi connectivity index (χ3n) is 15.9. The van der Waals surface area contributed by atoms with Crippen LogP contribution in [-0.4, -0.2) is 37.3 Å². The molecule has 1 aromatic heterocycles. The second kappa shape index (κ2) is 34.8. The highest BCUT2D eigenvalue weighted by Crippen LogP contribution is 2.35. The SMILES string of the molecule is COc1ccc(C(N)(c2ccc(OC)cc2)C(N)C(C)C)cc1.NCc1ccccn1.N[C@@H](C[C@H](N)c1ccccc1)c1ccccc1.N[C@H](C1CCCCC1)[C@H](N)C1CCCCC1.N[C@H](c1ccccc1)[C@H](N)c1ccccc1. The van der Waals surface area contributed by atoms with Gasteiger partial charge in [-0.3, -0.25) is 4.98 Å². The third-order valence-corrected chi connectivity index (χ3v) is 15.9. The van der Waals surface area contributed by atoms with Crippen LogP contribution in [0.4, 0.5) is 0 Å². The second-order valence-corrected chi connectivity index (χ2v) is 21.7. The summed E-state index contributed by atoms with van der Waals surface area (Å²) in [7, 11) is 3.29. The van der Waals surface area contributed by atoms with Gasteiger partial charge in [0.15, 0.2) is 0 Å². The molecular formula is C68H96N10O2. The minimum Gasteiger partial charge on any atom is -0.497 e. The fourth-order valence-corrected chi connectivity index (χ4v) is 10.7. The Labute approximate surface area is 479 Å². The third kappa shape index (κ3) is 20.1. The van der Waals surface area contributed by atoms with Gasteiger partial charge in [-0.25, -0.2) is 0 Å². The Morgan fingerprint density at radius 3 is 1.07 bits per heavy atom. The minimum atomic E-state index is -0.785. The predicted octanol–water partition coefficient (Wildman–Crippen LogP) is 11.4. The van der Waals surface area contributed by atoms with Crippen LogP contribution in [0.2, 0.25) is 0 Å². The number of rotatable bonds is 17. The molecule has 2 aliphatic carbocycles. The maximum Gasteiger partial charge on any atom is 0.118 e. The molecule has 0 bridgehead atoms. The summed E-state index contributed by atoms with van der Waals surface area (Å²) in [5.74, 6) is 3.24. The molecule has 80 heavy (non-hydrogen) atoms. The van der Waals surface area contributed by atoms with Crippen molar-refractivity contribution in [1.82, 2.24) is 4.98 Å². The molecule has 6 aromatic carbocycles. The van der Waals surface area contributed by atoms with Crippen molar-refractivity contribution in [2.45, 2.75) is 139 Å². The molecule has 0 amide bonds. The number of nitrogens with zero attached hydrogens (tertiary/aromatic N) is 1. The molecule has 0 radical (unpaired) electrons. The van der Waals surface area contributed by atoms with E-state index in [1.807, 2.05) is 188 Å². The Hall–Kier alpha value is -6.29. The summed E-state index contributed by atoms with van der Waals surface area (Å²) in [6.07, 6.45) is 16.1. The normalized spacial score (nSPS) is 16.3. The number of hydrogen-bond acceptors (Lipinski definition) is 12. The Kier molecular flexibility index (Phi) is 28.0. The van der Waals surface area contributed by atoms with Crippen LogP contribution in [0.3, 0.4) is 0 Å². The van der Waals surface area contributed by atoms with Crippen LogP contribution in [0.1, 0.15) is 148 Å². The molecule has 1 unspecified atom stereocenters. The van der Waals surface area contributed by atoms with Crippen molar-refractivity contribution in [1.29, 1.82) is 0 Å². The molecule has 12 heteroatoms. The molecule has 18 N–H and O–H groups in total. The Balaban J connectivity index is 0.000000189. The smallest absolute Gasteiger partial charge is 0.118 e. The van der Waals surface area contributed by atoms with Gasteiger partial charge in [0.25, 0.3) is 0 Å². The number of aromatic nitrogens is 1. The van der Waals surface area contributed by atoms with Gasteiger partial charge >= 0.3 is 0 Å². The quantitative estimate of drug-likeness (QED) is 0.0412. The van der Waals surface area contributed by atoms with Crippen LogP contribution in [-0.2, 0) is 12.1 Å². The molecule has 7 aromatic rings. The van der Waals surface area contributed by atoms with E-state index in [-0.39, 0.29) is 48.2 Å². The van der Waals surface area contributed by atoms with Gasteiger partial charge in [-0.05, 0) is 120 Å². The Bertz CT molecular complexity index is 2500. The number of pyridine rings is 1. The lowest BCUT2D eigenvalue weighted by Gasteiger charge is -2.38. The summed E-state index contributed by atoms with van der Waals surface area (Å²) < 4.78 is 10.5. The van der Waals surface area contributed by atoms with E-state index >= 15 is 0 Å². The van der Waals surface area contributed by atoms with Crippen LogP contribution in [0.5, 0.6) is 11.5 Å². The van der Waals surface area contributed by atoms with Crippen LogP contribution in [0.15, 0.2) is 194 Å². The van der Waals surface area contributed by atoms with E-state index in [0.717, 1.165) is 57.0 Å². The minimum absolute atomic E-state index is 0.00796. The maximum absolute atomic E-state index is 6.86. The first kappa shape index (κ1) is 64.5. The molecule has 9 rings (SSSR count). The van der Waals surface area contributed by atoms with Gasteiger partial charge in [0.05, 0.1) is 25.5 Å². The van der Waals surface area contributed by atoms with Crippen molar-refractivity contribution in [3.63, 3.8) is 0 Å². The highest BCUT2D eigenvalue weighted by Gasteiger charge is 2.38. The fourth-order valence-electron chi connectivity index (χ4n) is 10.7. The van der Waals surface area contributed by atoms with E-state index in [1.54, 1.807) is 20.4 Å². The Morgan fingerprint density at radius 2 is 0.787 bits per heavy atom. The average Bonchev–Trinajstić information content (AvgIpc) is 3.62. The van der Waals surface area contributed by atoms with E-state index < -0.39 is 5.54 Å². The number of benzene rings is 6. The molecule has 0 saturated heterocycles. The highest BCUT2D eigenvalue weighted by atomic mass is 16.5. The van der Waals surface area contributed by atoms with Crippen LogP contribution < -0.4 is 61.1 Å². The lowest BCUT2D eigenvalue weighted by Crippen LogP contribution is -2.55. The van der Waals surface area contributed by atoms with Crippen molar-refractivity contribution < 1.29 is 9.47 Å². The Morgan fingerprint density at radius 1 is 0.450 bits per heavy atom. The topological polar surface area (TPSA) is 266 Å². The van der Waals surface area contributed by atoms with E-state index in [1.165, 1.54) is 64.2 Å². The van der Waals surface area contributed by atoms with E-state index in [9.17, 15) is 0 Å². The average molecular weight is 1090 g/mol. The summed E-state index contributed by atoms with van der Waals surface area (Å²) in [5, 5.41) is 0. The van der Waals surface area contributed by atoms with Gasteiger partial charge in [0, 0.05) is 55.0 Å². The summed E-state index contributed by atoms with van der Waals surface area (Å²) in [6.45, 7) is 4.69. The molecule has 7 atom stereocenters. The number of hydrogen-bond donors (Lipinski definition) is 9. The first-order valence-electron chi connectivity index (χ1n) is 28.9. The number of ether oxygens (including phenoxy) is 2. The van der Waals surface area contributed by atoms with Crippen LogP contribution in [0.25, 0.3) is 0 Å². The summed E-state index contributed by atoms with van der Waals surface area (Å²) in [6, 6.07) is 61.3. The predicted molar refractivity (Wildman–Crippen MR) is 333 cm³/mol. The molecule has 2 saturated carbocycles. The largest absolute Gasteiger partial charge is 0.497 e. The van der Waals surface area contributed by atoms with Gasteiger partial charge in [-0.15, -0.1) is 0 Å². The van der Waals surface area contributed by atoms with E-state index in [2.05, 4.69) is 18.8 Å². The zero-order chi connectivity index (χ0) is 57.7. The summed E-state index contributed by atoms with van der Waals surface area (Å²) in [5.41, 5.74) is 62.5. The number of methoxy groups -OCH3 is 2. The molecular weight excluding hydrogens is 989 g/mol. The van der Waals surface area contributed by atoms with Crippen molar-refractivity contribution >= 4 is 0 Å². The standard InChI is InChI=1S/C19H26N2O2.C15H18N2.C14H28N2.C14H16N2.C6H8N2/c1-13(2)18(20)19(21,14-5-9-16(22-3)10-6-14)15-7-11-17(23-4)12-8-15;16-14(12-7-3-1-4-8-12)11-15(17)13-9-5-2-6-10-13;2*15-13(11-7-3-1-4-8-11)14(16)12-9-5-2-6-10-12;7-5-6-3-1-2-4-8-6/h5-13,18H,20-21H2,1-4H3;1-10,14-15H,11,16-17H2;11-14H,1-10,15-16H2;1-10,13-14H,15-16H2;1-4H,5,7H2/t;14-,15-;2*13-,14-;/m.011./s1. The highest BCUT2D eigenvalue weighted by molar-refractivity contribution is 5.44. The molecule has 12 nitrogen and oxygen atoms in total. The van der Waals surface area contributed by atoms with Gasteiger partial charge in [-0.1, -0.05) is 204 Å². The summed E-state index contributed by atoms with van der Waals surface area (Å²) >= 11 is 0. The molecule has 430 valence electrons. The molecule has 1 heterocycles. The lowest BCUT2D eigenvalue weighted by molar-refractivity contribution is 0.210. The van der Waals surface area contributed by atoms with Gasteiger partial charge in [0.1, 0.15) is 11.5 Å². The zero-order valence-corrected chi connectivity index (χ0v) is 48.2. The van der Waals surface area contributed by atoms with Crippen LogP contribution >= 0.6 is 0 Å². The van der Waals surface area contributed by atoms with E-state index in [4.69, 9.17) is 61.1 Å². The molecule has 0 aliphatic heterocycles. The maximum atomic E-state index is 6.86. The van der Waals surface area contributed by atoms with Crippen molar-refractivity contribution in [2.24, 2.45) is 69.4 Å². The zero-order valence-electron chi connectivity index (χ0n) is 48.2. The molecule has 2 fully saturated rings. The van der Waals surface area contributed by atoms with Crippen molar-refractivity contribution in [2.75, 3.05) is 14.2 Å². The monoisotopic (exact) mass is 1080 g/mol. The van der Waals surface area contributed by atoms with Gasteiger partial charge in [0.2, 0.25) is 0 Å². The van der Waals surface area contributed by atoms with E-state index in [0.29, 0.717) is 18.4 Å². The molecule has 0 spiro atoms. The second-order valence-electron chi connectivity index (χ2n) is 21.7. The number of nitrogens with two attached hydrogens (primary N) is 9. The van der Waals surface area contributed by atoms with Gasteiger partial charge in [-0.2, -0.15) is 0 Å². The fraction of sp³-hybridized carbons (Fsp3) is 0.397. The lowest BCUT2D eigenvalue weighted by atomic mass is 9.74. The molecule has 2 aliphatic rings. The van der Waals surface area contributed by atoms with Crippen molar-refractivity contribution in [3.8, 4) is 11.5 Å².